The topological polar surface area (TPSA) is 67.2 Å². The normalized spacial score (nSPS) is 12.4. The van der Waals surface area contributed by atoms with Crippen LogP contribution in [0.5, 0.6) is 0 Å². The molecular formula is C18H25N3O2. The molecule has 23 heavy (non-hydrogen) atoms. The monoisotopic (exact) mass is 315 g/mol. The molecule has 5 nitrogen and oxygen atoms in total. The van der Waals surface area contributed by atoms with Crippen LogP contribution in [-0.2, 0) is 0 Å². The molecule has 1 heterocycles. The summed E-state index contributed by atoms with van der Waals surface area (Å²) >= 11 is 0. The van der Waals surface area contributed by atoms with Gasteiger partial charge in [-0.3, -0.25) is 9.48 Å². The zero-order valence-electron chi connectivity index (χ0n) is 14.0. The Labute approximate surface area is 137 Å². The van der Waals surface area contributed by atoms with Crippen LogP contribution in [0.3, 0.4) is 0 Å². The second-order valence-corrected chi connectivity index (χ2v) is 5.71. The second kappa shape index (κ2) is 7.92. The minimum absolute atomic E-state index is 0.145. The number of hydrogen-bond donors (Lipinski definition) is 2. The lowest BCUT2D eigenvalue weighted by Crippen LogP contribution is -2.33. The smallest absolute Gasteiger partial charge is 0.270 e. The highest BCUT2D eigenvalue weighted by Gasteiger charge is 2.21. The van der Waals surface area contributed by atoms with Gasteiger partial charge in [0, 0.05) is 0 Å². The summed E-state index contributed by atoms with van der Waals surface area (Å²) in [4.78, 5) is 12.7. The Morgan fingerprint density at radius 2 is 1.91 bits per heavy atom. The van der Waals surface area contributed by atoms with E-state index in [0.29, 0.717) is 5.69 Å². The number of aliphatic hydroxyl groups excluding tert-OH is 1. The van der Waals surface area contributed by atoms with Gasteiger partial charge in [-0.1, -0.05) is 44.2 Å². The van der Waals surface area contributed by atoms with Crippen molar-refractivity contribution >= 4 is 5.91 Å². The SMILES string of the molecule is CCC(CC)n1nc(C)cc1C(=O)NC(CO)c1ccccc1. The van der Waals surface area contributed by atoms with Gasteiger partial charge in [0.1, 0.15) is 5.69 Å². The molecule has 1 aromatic carbocycles. The quantitative estimate of drug-likeness (QED) is 0.825. The third kappa shape index (κ3) is 3.99. The molecule has 1 aromatic heterocycles. The van der Waals surface area contributed by atoms with Gasteiger partial charge in [-0.2, -0.15) is 5.10 Å². The van der Waals surface area contributed by atoms with Gasteiger partial charge in [0.15, 0.2) is 0 Å². The van der Waals surface area contributed by atoms with Crippen LogP contribution in [-0.4, -0.2) is 27.4 Å². The average Bonchev–Trinajstić information content (AvgIpc) is 2.96. The van der Waals surface area contributed by atoms with E-state index in [9.17, 15) is 9.90 Å². The zero-order valence-corrected chi connectivity index (χ0v) is 14.0. The summed E-state index contributed by atoms with van der Waals surface area (Å²) < 4.78 is 1.81. The minimum Gasteiger partial charge on any atom is -0.394 e. The molecule has 0 bridgehead atoms. The molecule has 1 amide bonds. The number of aliphatic hydroxyl groups is 1. The van der Waals surface area contributed by atoms with Crippen molar-refractivity contribution in [2.75, 3.05) is 6.61 Å². The fourth-order valence-electron chi connectivity index (χ4n) is 2.75. The summed E-state index contributed by atoms with van der Waals surface area (Å²) in [5, 5.41) is 17.0. The third-order valence-electron chi connectivity index (χ3n) is 4.07. The van der Waals surface area contributed by atoms with Gasteiger partial charge < -0.3 is 10.4 Å². The predicted octanol–water partition coefficient (Wildman–Crippen LogP) is 3.02. The molecule has 0 spiro atoms. The van der Waals surface area contributed by atoms with Crippen molar-refractivity contribution in [1.29, 1.82) is 0 Å². The summed E-state index contributed by atoms with van der Waals surface area (Å²) in [6, 6.07) is 11.1. The highest BCUT2D eigenvalue weighted by atomic mass is 16.3. The predicted molar refractivity (Wildman–Crippen MR) is 90.3 cm³/mol. The number of aromatic nitrogens is 2. The Morgan fingerprint density at radius 1 is 1.26 bits per heavy atom. The molecule has 1 unspecified atom stereocenters. The van der Waals surface area contributed by atoms with Gasteiger partial charge in [0.2, 0.25) is 0 Å². The van der Waals surface area contributed by atoms with E-state index in [-0.39, 0.29) is 18.6 Å². The number of amides is 1. The van der Waals surface area contributed by atoms with Gasteiger partial charge in [0.25, 0.3) is 5.91 Å². The van der Waals surface area contributed by atoms with E-state index >= 15 is 0 Å². The van der Waals surface area contributed by atoms with Crippen LogP contribution in [0, 0.1) is 6.92 Å². The van der Waals surface area contributed by atoms with E-state index in [1.807, 2.05) is 41.9 Å². The Kier molecular flexibility index (Phi) is 5.93. The molecule has 2 rings (SSSR count). The van der Waals surface area contributed by atoms with Gasteiger partial charge in [0.05, 0.1) is 24.4 Å². The molecule has 1 atom stereocenters. The zero-order chi connectivity index (χ0) is 16.8. The first-order valence-corrected chi connectivity index (χ1v) is 8.13. The van der Waals surface area contributed by atoms with Crippen LogP contribution in [0.4, 0.5) is 0 Å². The van der Waals surface area contributed by atoms with Crippen molar-refractivity contribution in [3.8, 4) is 0 Å². The highest BCUT2D eigenvalue weighted by Crippen LogP contribution is 2.19. The second-order valence-electron chi connectivity index (χ2n) is 5.71. The van der Waals surface area contributed by atoms with Crippen molar-refractivity contribution < 1.29 is 9.90 Å². The van der Waals surface area contributed by atoms with Crippen molar-refractivity contribution in [2.24, 2.45) is 0 Å². The lowest BCUT2D eigenvalue weighted by atomic mass is 10.1. The number of carbonyl (C=O) groups excluding carboxylic acids is 1. The third-order valence-corrected chi connectivity index (χ3v) is 4.07. The molecule has 2 aromatic rings. The number of carbonyl (C=O) groups is 1. The maximum absolute atomic E-state index is 12.7. The summed E-state index contributed by atoms with van der Waals surface area (Å²) in [6.45, 7) is 5.92. The van der Waals surface area contributed by atoms with Gasteiger partial charge in [-0.15, -0.1) is 0 Å². The van der Waals surface area contributed by atoms with Crippen LogP contribution in [0.25, 0.3) is 0 Å². The molecule has 124 valence electrons. The van der Waals surface area contributed by atoms with Gasteiger partial charge >= 0.3 is 0 Å². The fourth-order valence-corrected chi connectivity index (χ4v) is 2.75. The van der Waals surface area contributed by atoms with Gasteiger partial charge in [-0.05, 0) is 31.4 Å². The molecule has 0 aliphatic rings. The van der Waals surface area contributed by atoms with Crippen LogP contribution >= 0.6 is 0 Å². The van der Waals surface area contributed by atoms with Crippen molar-refractivity contribution in [2.45, 2.75) is 45.7 Å². The Morgan fingerprint density at radius 3 is 2.48 bits per heavy atom. The van der Waals surface area contributed by atoms with E-state index in [2.05, 4.69) is 24.3 Å². The Bertz CT molecular complexity index is 633. The lowest BCUT2D eigenvalue weighted by Gasteiger charge is -2.19. The first kappa shape index (κ1) is 17.2. The Hall–Kier alpha value is -2.14. The Balaban J connectivity index is 2.23. The number of nitrogens with zero attached hydrogens (tertiary/aromatic N) is 2. The summed E-state index contributed by atoms with van der Waals surface area (Å²) in [7, 11) is 0. The summed E-state index contributed by atoms with van der Waals surface area (Å²) in [5.74, 6) is -0.208. The number of aryl methyl sites for hydroxylation is 1. The largest absolute Gasteiger partial charge is 0.394 e. The first-order chi connectivity index (χ1) is 11.1. The summed E-state index contributed by atoms with van der Waals surface area (Å²) in [5.41, 5.74) is 2.25. The van der Waals surface area contributed by atoms with Crippen LogP contribution in [0.1, 0.15) is 60.5 Å². The number of hydrogen-bond acceptors (Lipinski definition) is 3. The molecule has 0 aliphatic carbocycles. The molecule has 0 radical (unpaired) electrons. The minimum atomic E-state index is -0.422. The van der Waals surface area contributed by atoms with Crippen molar-refractivity contribution in [1.82, 2.24) is 15.1 Å². The number of benzene rings is 1. The first-order valence-electron chi connectivity index (χ1n) is 8.13. The highest BCUT2D eigenvalue weighted by molar-refractivity contribution is 5.93. The standard InChI is InChI=1S/C18H25N3O2/c1-4-15(5-2)21-17(11-13(3)20-21)18(23)19-16(12-22)14-9-7-6-8-10-14/h6-11,15-16,22H,4-5,12H2,1-3H3,(H,19,23). The molecule has 0 saturated carbocycles. The van der Waals surface area contributed by atoms with E-state index < -0.39 is 6.04 Å². The summed E-state index contributed by atoms with van der Waals surface area (Å²) in [6.07, 6.45) is 1.83. The molecule has 0 aliphatic heterocycles. The molecular weight excluding hydrogens is 290 g/mol. The van der Waals surface area contributed by atoms with E-state index in [0.717, 1.165) is 24.1 Å². The van der Waals surface area contributed by atoms with Crippen molar-refractivity contribution in [3.05, 3.63) is 53.3 Å². The molecule has 2 N–H and O–H groups in total. The van der Waals surface area contributed by atoms with E-state index in [1.54, 1.807) is 6.07 Å². The lowest BCUT2D eigenvalue weighted by molar-refractivity contribution is 0.0902. The van der Waals surface area contributed by atoms with Crippen LogP contribution in [0.15, 0.2) is 36.4 Å². The number of nitrogens with one attached hydrogen (secondary N) is 1. The van der Waals surface area contributed by atoms with Crippen LogP contribution < -0.4 is 5.32 Å². The maximum atomic E-state index is 12.7. The van der Waals surface area contributed by atoms with E-state index in [4.69, 9.17) is 0 Å². The fraction of sp³-hybridized carbons (Fsp3) is 0.444. The maximum Gasteiger partial charge on any atom is 0.270 e. The van der Waals surface area contributed by atoms with E-state index in [1.165, 1.54) is 0 Å². The number of rotatable bonds is 7. The average molecular weight is 315 g/mol. The van der Waals surface area contributed by atoms with Crippen LogP contribution in [0.2, 0.25) is 0 Å². The molecule has 0 fully saturated rings. The molecule has 0 saturated heterocycles. The van der Waals surface area contributed by atoms with Crippen molar-refractivity contribution in [3.63, 3.8) is 0 Å². The van der Waals surface area contributed by atoms with Gasteiger partial charge in [-0.25, -0.2) is 0 Å². The molecule has 5 heteroatoms.